The van der Waals surface area contributed by atoms with Crippen molar-refractivity contribution >= 4 is 23.2 Å². The van der Waals surface area contributed by atoms with Gasteiger partial charge in [-0.25, -0.2) is 0 Å². The van der Waals surface area contributed by atoms with Crippen LogP contribution in [-0.2, 0) is 14.3 Å². The third-order valence-corrected chi connectivity index (χ3v) is 5.00. The van der Waals surface area contributed by atoms with Gasteiger partial charge in [0.15, 0.2) is 0 Å². The maximum absolute atomic E-state index is 12.7. The summed E-state index contributed by atoms with van der Waals surface area (Å²) < 4.78 is 5.28. The number of nitrogens with zero attached hydrogens (tertiary/aromatic N) is 2. The molecular weight excluding hydrogens is 276 g/mol. The summed E-state index contributed by atoms with van der Waals surface area (Å²) in [6.07, 6.45) is 0.315. The minimum Gasteiger partial charge on any atom is -0.378 e. The predicted octanol–water partition coefficient (Wildman–Crippen LogP) is 1.13. The molecule has 2 aliphatic heterocycles. The smallest absolute Gasteiger partial charge is 0.228 e. The van der Waals surface area contributed by atoms with E-state index in [-0.39, 0.29) is 23.8 Å². The highest BCUT2D eigenvalue weighted by Crippen LogP contribution is 2.39. The summed E-state index contributed by atoms with van der Waals surface area (Å²) in [7, 11) is 1.79. The van der Waals surface area contributed by atoms with Crippen molar-refractivity contribution in [2.45, 2.75) is 12.5 Å². The molecule has 6 heteroatoms. The zero-order chi connectivity index (χ0) is 14.1. The van der Waals surface area contributed by atoms with Gasteiger partial charge in [0, 0.05) is 31.4 Å². The number of likely N-dealkylation sites (tertiary alicyclic amines) is 1. The van der Waals surface area contributed by atoms with Gasteiger partial charge in [-0.1, -0.05) is 6.07 Å². The minimum atomic E-state index is -0.260. The Hall–Kier alpha value is -1.40. The SMILES string of the molecule is CN1C(=O)C[C@@H](C(=O)N2CCOCC2)[C@@H]1c1cccs1. The van der Waals surface area contributed by atoms with E-state index in [1.807, 2.05) is 22.4 Å². The molecule has 1 aromatic rings. The highest BCUT2D eigenvalue weighted by molar-refractivity contribution is 7.10. The third kappa shape index (κ3) is 2.33. The molecular formula is C14H18N2O3S. The Morgan fingerprint density at radius 1 is 1.40 bits per heavy atom. The Labute approximate surface area is 122 Å². The van der Waals surface area contributed by atoms with E-state index in [1.165, 1.54) is 0 Å². The van der Waals surface area contributed by atoms with Crippen LogP contribution in [0, 0.1) is 5.92 Å². The number of morpholine rings is 1. The van der Waals surface area contributed by atoms with E-state index in [0.717, 1.165) is 4.88 Å². The fourth-order valence-electron chi connectivity index (χ4n) is 2.96. The quantitative estimate of drug-likeness (QED) is 0.821. The van der Waals surface area contributed by atoms with E-state index >= 15 is 0 Å². The lowest BCUT2D eigenvalue weighted by Gasteiger charge is -2.31. The van der Waals surface area contributed by atoms with Gasteiger partial charge in [-0.3, -0.25) is 9.59 Å². The molecule has 0 radical (unpaired) electrons. The lowest BCUT2D eigenvalue weighted by atomic mass is 9.97. The molecule has 0 saturated carbocycles. The molecule has 3 rings (SSSR count). The zero-order valence-corrected chi connectivity index (χ0v) is 12.3. The molecule has 108 valence electrons. The average molecular weight is 294 g/mol. The second-order valence-electron chi connectivity index (χ2n) is 5.21. The molecule has 2 aliphatic rings. The second kappa shape index (κ2) is 5.54. The molecule has 1 aromatic heterocycles. The predicted molar refractivity (Wildman–Crippen MR) is 75.3 cm³/mol. The molecule has 2 atom stereocenters. The van der Waals surface area contributed by atoms with Crippen LogP contribution < -0.4 is 0 Å². The molecule has 0 N–H and O–H groups in total. The first-order chi connectivity index (χ1) is 9.68. The van der Waals surface area contributed by atoms with E-state index in [0.29, 0.717) is 32.7 Å². The highest BCUT2D eigenvalue weighted by atomic mass is 32.1. The van der Waals surface area contributed by atoms with Gasteiger partial charge in [-0.2, -0.15) is 0 Å². The molecule has 3 heterocycles. The minimum absolute atomic E-state index is 0.0509. The number of ether oxygens (including phenoxy) is 1. The third-order valence-electron chi connectivity index (χ3n) is 4.06. The van der Waals surface area contributed by atoms with Crippen molar-refractivity contribution in [3.05, 3.63) is 22.4 Å². The van der Waals surface area contributed by atoms with Gasteiger partial charge >= 0.3 is 0 Å². The maximum atomic E-state index is 12.7. The van der Waals surface area contributed by atoms with Crippen LogP contribution in [-0.4, -0.2) is 55.0 Å². The van der Waals surface area contributed by atoms with E-state index in [2.05, 4.69) is 0 Å². The zero-order valence-electron chi connectivity index (χ0n) is 11.4. The van der Waals surface area contributed by atoms with Gasteiger partial charge in [0.05, 0.1) is 25.2 Å². The topological polar surface area (TPSA) is 49.9 Å². The molecule has 0 unspecified atom stereocenters. The molecule has 0 aliphatic carbocycles. The van der Waals surface area contributed by atoms with Gasteiger partial charge < -0.3 is 14.5 Å². The van der Waals surface area contributed by atoms with E-state index < -0.39 is 0 Å². The number of rotatable bonds is 2. The Balaban J connectivity index is 1.83. The van der Waals surface area contributed by atoms with E-state index in [4.69, 9.17) is 4.74 Å². The fraction of sp³-hybridized carbons (Fsp3) is 0.571. The van der Waals surface area contributed by atoms with Crippen LogP contribution in [0.1, 0.15) is 17.3 Å². The van der Waals surface area contributed by atoms with Gasteiger partial charge in [-0.05, 0) is 11.4 Å². The van der Waals surface area contributed by atoms with Crippen LogP contribution in [0.2, 0.25) is 0 Å². The summed E-state index contributed by atoms with van der Waals surface area (Å²) in [4.78, 5) is 29.3. The number of thiophene rings is 1. The number of amides is 2. The lowest BCUT2D eigenvalue weighted by molar-refractivity contribution is -0.140. The molecule has 5 nitrogen and oxygen atoms in total. The molecule has 0 spiro atoms. The Kier molecular flexibility index (Phi) is 3.76. The Bertz CT molecular complexity index is 497. The molecule has 0 aromatic carbocycles. The lowest BCUT2D eigenvalue weighted by Crippen LogP contribution is -2.44. The second-order valence-corrected chi connectivity index (χ2v) is 6.19. The van der Waals surface area contributed by atoms with Crippen molar-refractivity contribution in [1.29, 1.82) is 0 Å². The first-order valence-corrected chi connectivity index (χ1v) is 7.72. The van der Waals surface area contributed by atoms with Crippen molar-refractivity contribution in [3.63, 3.8) is 0 Å². The highest BCUT2D eigenvalue weighted by Gasteiger charge is 2.44. The van der Waals surface area contributed by atoms with Crippen LogP contribution in [0.3, 0.4) is 0 Å². The largest absolute Gasteiger partial charge is 0.378 e. The average Bonchev–Trinajstić information content (AvgIpc) is 3.08. The first-order valence-electron chi connectivity index (χ1n) is 6.84. The summed E-state index contributed by atoms with van der Waals surface area (Å²) >= 11 is 1.60. The van der Waals surface area contributed by atoms with Crippen LogP contribution in [0.5, 0.6) is 0 Å². The molecule has 2 amide bonds. The number of carbonyl (C=O) groups excluding carboxylic acids is 2. The van der Waals surface area contributed by atoms with Crippen molar-refractivity contribution in [3.8, 4) is 0 Å². The van der Waals surface area contributed by atoms with Crippen LogP contribution in [0.4, 0.5) is 0 Å². The summed E-state index contributed by atoms with van der Waals surface area (Å²) in [5.41, 5.74) is 0. The van der Waals surface area contributed by atoms with Gasteiger partial charge in [0.25, 0.3) is 0 Å². The monoisotopic (exact) mass is 294 g/mol. The van der Waals surface area contributed by atoms with Crippen molar-refractivity contribution < 1.29 is 14.3 Å². The number of hydrogen-bond donors (Lipinski definition) is 0. The van der Waals surface area contributed by atoms with Gasteiger partial charge in [-0.15, -0.1) is 11.3 Å². The van der Waals surface area contributed by atoms with Crippen LogP contribution in [0.15, 0.2) is 17.5 Å². The summed E-state index contributed by atoms with van der Waals surface area (Å²) in [5.74, 6) is -0.122. The number of carbonyl (C=O) groups is 2. The van der Waals surface area contributed by atoms with E-state index in [1.54, 1.807) is 23.3 Å². The summed E-state index contributed by atoms with van der Waals surface area (Å²) in [5, 5.41) is 1.99. The van der Waals surface area contributed by atoms with Crippen LogP contribution >= 0.6 is 11.3 Å². The number of hydrogen-bond acceptors (Lipinski definition) is 4. The summed E-state index contributed by atoms with van der Waals surface area (Å²) in [6, 6.07) is 3.86. The molecule has 2 fully saturated rings. The van der Waals surface area contributed by atoms with Gasteiger partial charge in [0.1, 0.15) is 0 Å². The molecule has 20 heavy (non-hydrogen) atoms. The Morgan fingerprint density at radius 3 is 2.80 bits per heavy atom. The first kappa shape index (κ1) is 13.6. The van der Waals surface area contributed by atoms with Crippen molar-refractivity contribution in [2.24, 2.45) is 5.92 Å². The molecule has 0 bridgehead atoms. The van der Waals surface area contributed by atoms with Crippen molar-refractivity contribution in [1.82, 2.24) is 9.80 Å². The maximum Gasteiger partial charge on any atom is 0.228 e. The van der Waals surface area contributed by atoms with Crippen LogP contribution in [0.25, 0.3) is 0 Å². The van der Waals surface area contributed by atoms with E-state index in [9.17, 15) is 9.59 Å². The van der Waals surface area contributed by atoms with Crippen molar-refractivity contribution in [2.75, 3.05) is 33.4 Å². The molecule has 2 saturated heterocycles. The fourth-order valence-corrected chi connectivity index (χ4v) is 3.89. The standard InChI is InChI=1S/C14H18N2O3S/c1-15-12(17)9-10(13(15)11-3-2-8-20-11)14(18)16-4-6-19-7-5-16/h2-3,8,10,13H,4-7,9H2,1H3/t10-,13-/m1/s1. The summed E-state index contributed by atoms with van der Waals surface area (Å²) in [6.45, 7) is 2.44. The van der Waals surface area contributed by atoms with Gasteiger partial charge in [0.2, 0.25) is 11.8 Å². The Morgan fingerprint density at radius 2 is 2.15 bits per heavy atom. The normalized spacial score (nSPS) is 27.1.